The van der Waals surface area contributed by atoms with E-state index in [-0.39, 0.29) is 11.5 Å². The van der Waals surface area contributed by atoms with Crippen molar-refractivity contribution in [2.45, 2.75) is 44.2 Å². The molecule has 144 valence electrons. The molecular formula is C21H32ClN3O. The first-order valence-corrected chi connectivity index (χ1v) is 10.5. The number of halogens is 1. The van der Waals surface area contributed by atoms with Crippen molar-refractivity contribution < 1.29 is 5.11 Å². The van der Waals surface area contributed by atoms with Gasteiger partial charge >= 0.3 is 0 Å². The summed E-state index contributed by atoms with van der Waals surface area (Å²) in [5, 5.41) is 11.6. The molecule has 3 aliphatic heterocycles. The average molecular weight is 378 g/mol. The zero-order chi connectivity index (χ0) is 18.1. The quantitative estimate of drug-likeness (QED) is 0.857. The van der Waals surface area contributed by atoms with Gasteiger partial charge in [-0.15, -0.1) is 0 Å². The highest BCUT2D eigenvalue weighted by Crippen LogP contribution is 2.40. The second-order valence-corrected chi connectivity index (χ2v) is 9.11. The lowest BCUT2D eigenvalue weighted by Gasteiger charge is -2.53. The summed E-state index contributed by atoms with van der Waals surface area (Å²) < 4.78 is 0. The van der Waals surface area contributed by atoms with Crippen LogP contribution in [0.25, 0.3) is 0 Å². The predicted molar refractivity (Wildman–Crippen MR) is 108 cm³/mol. The minimum absolute atomic E-state index is 0.0926. The van der Waals surface area contributed by atoms with E-state index in [1.54, 1.807) is 0 Å². The average Bonchev–Trinajstić information content (AvgIpc) is 2.65. The van der Waals surface area contributed by atoms with E-state index >= 15 is 0 Å². The molecule has 0 aliphatic carbocycles. The first-order valence-electron chi connectivity index (χ1n) is 10.2. The highest BCUT2D eigenvalue weighted by atomic mass is 35.5. The van der Waals surface area contributed by atoms with Crippen LogP contribution in [0, 0.1) is 5.41 Å². The summed E-state index contributed by atoms with van der Waals surface area (Å²) in [6.07, 6.45) is 5.60. The van der Waals surface area contributed by atoms with E-state index in [0.29, 0.717) is 6.04 Å². The van der Waals surface area contributed by atoms with Crippen LogP contribution in [0.4, 0.5) is 5.69 Å². The van der Waals surface area contributed by atoms with Crippen LogP contribution in [0.3, 0.4) is 0 Å². The lowest BCUT2D eigenvalue weighted by Crippen LogP contribution is -2.60. The number of nitrogens with zero attached hydrogens (tertiary/aromatic N) is 3. The second kappa shape index (κ2) is 7.67. The zero-order valence-corrected chi connectivity index (χ0v) is 16.7. The fourth-order valence-electron chi connectivity index (χ4n) is 5.44. The number of anilines is 1. The van der Waals surface area contributed by atoms with Crippen LogP contribution in [0.15, 0.2) is 24.3 Å². The Morgan fingerprint density at radius 1 is 1.08 bits per heavy atom. The number of hydrogen-bond donors (Lipinski definition) is 1. The van der Waals surface area contributed by atoms with Gasteiger partial charge in [0.05, 0.1) is 6.10 Å². The molecule has 0 unspecified atom stereocenters. The van der Waals surface area contributed by atoms with Crippen molar-refractivity contribution in [2.75, 3.05) is 51.2 Å². The van der Waals surface area contributed by atoms with Crippen molar-refractivity contribution in [3.8, 4) is 0 Å². The Hall–Kier alpha value is -0.810. The summed E-state index contributed by atoms with van der Waals surface area (Å²) >= 11 is 6.16. The first kappa shape index (κ1) is 18.5. The van der Waals surface area contributed by atoms with Crippen molar-refractivity contribution in [1.29, 1.82) is 0 Å². The number of rotatable bonds is 2. The van der Waals surface area contributed by atoms with Gasteiger partial charge < -0.3 is 14.9 Å². The number of aliphatic hydroxyl groups is 1. The Kier molecular flexibility index (Phi) is 5.47. The van der Waals surface area contributed by atoms with Crippen LogP contribution in [0.5, 0.6) is 0 Å². The van der Waals surface area contributed by atoms with E-state index in [0.717, 1.165) is 44.2 Å². The Bertz CT molecular complexity index is 619. The minimum atomic E-state index is -0.131. The van der Waals surface area contributed by atoms with Gasteiger partial charge in [0.25, 0.3) is 0 Å². The maximum absolute atomic E-state index is 10.8. The van der Waals surface area contributed by atoms with Gasteiger partial charge in [-0.05, 0) is 63.9 Å². The van der Waals surface area contributed by atoms with Gasteiger partial charge in [0.2, 0.25) is 0 Å². The Balaban J connectivity index is 1.38. The maximum atomic E-state index is 10.8. The van der Waals surface area contributed by atoms with Crippen molar-refractivity contribution in [2.24, 2.45) is 5.41 Å². The molecule has 1 N–H and O–H groups in total. The van der Waals surface area contributed by atoms with Gasteiger partial charge in [-0.2, -0.15) is 0 Å². The molecule has 1 spiro atoms. The van der Waals surface area contributed by atoms with E-state index in [1.165, 1.54) is 37.9 Å². The molecule has 0 amide bonds. The molecule has 0 radical (unpaired) electrons. The molecule has 1 aromatic carbocycles. The fourth-order valence-corrected chi connectivity index (χ4v) is 5.63. The van der Waals surface area contributed by atoms with Crippen molar-refractivity contribution in [3.63, 3.8) is 0 Å². The normalized spacial score (nSPS) is 32.3. The summed E-state index contributed by atoms with van der Waals surface area (Å²) in [5.74, 6) is 0. The number of likely N-dealkylation sites (tertiary alicyclic amines) is 2. The lowest BCUT2D eigenvalue weighted by molar-refractivity contribution is -0.0882. The molecule has 4 rings (SSSR count). The van der Waals surface area contributed by atoms with Crippen LogP contribution in [-0.2, 0) is 0 Å². The molecule has 3 fully saturated rings. The molecule has 5 heteroatoms. The summed E-state index contributed by atoms with van der Waals surface area (Å²) in [6, 6.07) is 8.88. The first-order chi connectivity index (χ1) is 12.6. The molecular weight excluding hydrogens is 346 g/mol. The smallest absolute Gasteiger partial charge is 0.0633 e. The number of aliphatic hydroxyl groups excluding tert-OH is 1. The third-order valence-electron chi connectivity index (χ3n) is 6.87. The second-order valence-electron chi connectivity index (χ2n) is 8.68. The van der Waals surface area contributed by atoms with E-state index in [9.17, 15) is 5.11 Å². The molecule has 0 saturated carbocycles. The fraction of sp³-hybridized carbons (Fsp3) is 0.714. The topological polar surface area (TPSA) is 30.0 Å². The van der Waals surface area contributed by atoms with Gasteiger partial charge in [-0.1, -0.05) is 17.7 Å². The van der Waals surface area contributed by atoms with Gasteiger partial charge in [-0.25, -0.2) is 0 Å². The van der Waals surface area contributed by atoms with Gasteiger partial charge in [0.15, 0.2) is 0 Å². The number of benzene rings is 1. The summed E-state index contributed by atoms with van der Waals surface area (Å²) in [5.41, 5.74) is 1.34. The summed E-state index contributed by atoms with van der Waals surface area (Å²) in [7, 11) is 2.20. The molecule has 4 nitrogen and oxygen atoms in total. The minimum Gasteiger partial charge on any atom is -0.392 e. The predicted octanol–water partition coefficient (Wildman–Crippen LogP) is 3.09. The van der Waals surface area contributed by atoms with E-state index < -0.39 is 0 Å². The van der Waals surface area contributed by atoms with Gasteiger partial charge in [-0.3, -0.25) is 4.90 Å². The SMILES string of the molecule is CN1CC[C@H](O)[C@@]2(CCCN(C3CCN(c4cccc(Cl)c4)CC3)C2)C1. The van der Waals surface area contributed by atoms with Crippen LogP contribution in [0.1, 0.15) is 32.1 Å². The van der Waals surface area contributed by atoms with E-state index in [2.05, 4.69) is 33.9 Å². The van der Waals surface area contributed by atoms with E-state index in [1.807, 2.05) is 12.1 Å². The summed E-state index contributed by atoms with van der Waals surface area (Å²) in [4.78, 5) is 7.57. The van der Waals surface area contributed by atoms with E-state index in [4.69, 9.17) is 11.6 Å². The van der Waals surface area contributed by atoms with Crippen molar-refractivity contribution >= 4 is 17.3 Å². The molecule has 0 aromatic heterocycles. The number of hydrogen-bond acceptors (Lipinski definition) is 4. The summed E-state index contributed by atoms with van der Waals surface area (Å²) in [6.45, 7) is 6.53. The highest BCUT2D eigenvalue weighted by Gasteiger charge is 2.45. The molecule has 3 saturated heterocycles. The largest absolute Gasteiger partial charge is 0.392 e. The Labute approximate surface area is 162 Å². The Morgan fingerprint density at radius 3 is 2.65 bits per heavy atom. The molecule has 3 aliphatic rings. The Morgan fingerprint density at radius 2 is 1.88 bits per heavy atom. The van der Waals surface area contributed by atoms with Crippen LogP contribution >= 0.6 is 11.6 Å². The molecule has 26 heavy (non-hydrogen) atoms. The van der Waals surface area contributed by atoms with Crippen molar-refractivity contribution in [3.05, 3.63) is 29.3 Å². The lowest BCUT2D eigenvalue weighted by atomic mass is 9.71. The molecule has 2 atom stereocenters. The van der Waals surface area contributed by atoms with Crippen LogP contribution in [0.2, 0.25) is 5.02 Å². The van der Waals surface area contributed by atoms with Crippen LogP contribution < -0.4 is 4.90 Å². The van der Waals surface area contributed by atoms with Gasteiger partial charge in [0.1, 0.15) is 0 Å². The maximum Gasteiger partial charge on any atom is 0.0633 e. The number of piperidine rings is 3. The van der Waals surface area contributed by atoms with Crippen molar-refractivity contribution in [1.82, 2.24) is 9.80 Å². The standard InChI is InChI=1S/C21H32ClN3O/c1-23-11-8-20(26)21(15-23)9-3-10-25(16-21)18-6-12-24(13-7-18)19-5-2-4-17(22)14-19/h2,4-5,14,18,20,26H,3,6-13,15-16H2,1H3/t20-,21-/m0/s1. The molecule has 3 heterocycles. The molecule has 1 aromatic rings. The third kappa shape index (κ3) is 3.75. The van der Waals surface area contributed by atoms with Gasteiger partial charge in [0, 0.05) is 54.9 Å². The zero-order valence-electron chi connectivity index (χ0n) is 15.9. The third-order valence-corrected chi connectivity index (χ3v) is 7.10. The molecule has 0 bridgehead atoms. The van der Waals surface area contributed by atoms with Crippen LogP contribution in [-0.4, -0.2) is 73.4 Å². The highest BCUT2D eigenvalue weighted by molar-refractivity contribution is 6.30. The monoisotopic (exact) mass is 377 g/mol.